The van der Waals surface area contributed by atoms with Gasteiger partial charge in [0.25, 0.3) is 0 Å². The topological polar surface area (TPSA) is 55.8 Å². The molecule has 1 aromatic carbocycles. The average molecular weight is 331 g/mol. The van der Waals surface area contributed by atoms with E-state index in [1.54, 1.807) is 20.8 Å². The van der Waals surface area contributed by atoms with Crippen LogP contribution in [0.15, 0.2) is 36.4 Å². The van der Waals surface area contributed by atoms with E-state index in [0.29, 0.717) is 6.54 Å². The molecule has 0 bridgehead atoms. The number of carbonyl (C=O) groups excluding carboxylic acids is 2. The first-order valence-corrected chi connectivity index (χ1v) is 7.93. The molecule has 0 radical (unpaired) electrons. The Labute approximate surface area is 143 Å². The van der Waals surface area contributed by atoms with E-state index in [4.69, 9.17) is 9.47 Å². The van der Waals surface area contributed by atoms with Gasteiger partial charge in [-0.1, -0.05) is 29.8 Å². The zero-order chi connectivity index (χ0) is 18.1. The molecule has 0 aliphatic carbocycles. The number of rotatable bonds is 3. The van der Waals surface area contributed by atoms with Gasteiger partial charge in [-0.25, -0.2) is 9.59 Å². The van der Waals surface area contributed by atoms with Crippen LogP contribution in [0, 0.1) is 0 Å². The van der Waals surface area contributed by atoms with Crippen molar-refractivity contribution in [2.24, 2.45) is 0 Å². The van der Waals surface area contributed by atoms with Gasteiger partial charge in [0.2, 0.25) is 0 Å². The van der Waals surface area contributed by atoms with Gasteiger partial charge in [-0.3, -0.25) is 4.90 Å². The summed E-state index contributed by atoms with van der Waals surface area (Å²) in [6.07, 6.45) is -0.249. The van der Waals surface area contributed by atoms with E-state index in [0.717, 1.165) is 16.7 Å². The van der Waals surface area contributed by atoms with Gasteiger partial charge in [0.05, 0.1) is 13.7 Å². The first kappa shape index (κ1) is 18.0. The van der Waals surface area contributed by atoms with Crippen molar-refractivity contribution in [2.45, 2.75) is 51.8 Å². The summed E-state index contributed by atoms with van der Waals surface area (Å²) in [4.78, 5) is 27.1. The molecule has 0 fully saturated rings. The summed E-state index contributed by atoms with van der Waals surface area (Å²) >= 11 is 0. The van der Waals surface area contributed by atoms with Crippen molar-refractivity contribution in [3.63, 3.8) is 0 Å². The van der Waals surface area contributed by atoms with Gasteiger partial charge in [0.1, 0.15) is 5.60 Å². The van der Waals surface area contributed by atoms with Gasteiger partial charge in [-0.05, 0) is 38.8 Å². The number of methoxy groups -OCH3 is 1. The van der Waals surface area contributed by atoms with Crippen molar-refractivity contribution < 1.29 is 19.1 Å². The molecule has 1 aliphatic rings. The highest BCUT2D eigenvalue weighted by molar-refractivity contribution is 5.89. The molecule has 0 spiro atoms. The Kier molecular flexibility index (Phi) is 4.74. The van der Waals surface area contributed by atoms with Crippen LogP contribution in [0.4, 0.5) is 4.79 Å². The Morgan fingerprint density at radius 2 is 1.92 bits per heavy atom. The minimum absolute atomic E-state index is 0.288. The van der Waals surface area contributed by atoms with Gasteiger partial charge in [0, 0.05) is 6.42 Å². The number of hydrogen-bond acceptors (Lipinski definition) is 4. The predicted molar refractivity (Wildman–Crippen MR) is 91.3 cm³/mol. The van der Waals surface area contributed by atoms with Gasteiger partial charge >= 0.3 is 12.1 Å². The Morgan fingerprint density at radius 3 is 2.46 bits per heavy atom. The van der Waals surface area contributed by atoms with E-state index < -0.39 is 23.2 Å². The van der Waals surface area contributed by atoms with Crippen LogP contribution in [0.25, 0.3) is 0 Å². The van der Waals surface area contributed by atoms with Crippen molar-refractivity contribution in [2.75, 3.05) is 7.11 Å². The number of esters is 1. The van der Waals surface area contributed by atoms with Crippen LogP contribution >= 0.6 is 0 Å². The lowest BCUT2D eigenvalue weighted by molar-refractivity contribution is -0.155. The number of fused-ring (bicyclic) bond motifs is 1. The molecular formula is C19H25NO4. The van der Waals surface area contributed by atoms with Gasteiger partial charge in [-0.2, -0.15) is 0 Å². The summed E-state index contributed by atoms with van der Waals surface area (Å²) in [6, 6.07) is 7.52. The minimum atomic E-state index is -1.24. The standard InChI is InChI=1S/C19H25NO4/c1-13(2)11-19(16(21)23-6)15-10-8-7-9-14(15)12-20(19)17(22)24-18(3,4)5/h7-10H,1,11-12H2,2-6H3. The monoisotopic (exact) mass is 331 g/mol. The third-order valence-corrected chi connectivity index (χ3v) is 3.95. The Balaban J connectivity index is 2.59. The summed E-state index contributed by atoms with van der Waals surface area (Å²) in [7, 11) is 1.33. The zero-order valence-corrected chi connectivity index (χ0v) is 15.0. The first-order chi connectivity index (χ1) is 11.1. The second kappa shape index (κ2) is 6.30. The first-order valence-electron chi connectivity index (χ1n) is 7.93. The predicted octanol–water partition coefficient (Wildman–Crippen LogP) is 3.77. The minimum Gasteiger partial charge on any atom is -0.467 e. The van der Waals surface area contributed by atoms with Crippen LogP contribution in [-0.4, -0.2) is 29.7 Å². The molecule has 5 nitrogen and oxygen atoms in total. The highest BCUT2D eigenvalue weighted by Crippen LogP contribution is 2.45. The largest absolute Gasteiger partial charge is 0.467 e. The average Bonchev–Trinajstić information content (AvgIpc) is 2.80. The van der Waals surface area contributed by atoms with E-state index in [1.807, 2.05) is 31.2 Å². The highest BCUT2D eigenvalue weighted by Gasteiger charge is 2.55. The fourth-order valence-corrected chi connectivity index (χ4v) is 3.14. The molecule has 5 heteroatoms. The number of carbonyl (C=O) groups is 2. The fourth-order valence-electron chi connectivity index (χ4n) is 3.14. The maximum atomic E-state index is 12.8. The molecule has 0 saturated heterocycles. The molecule has 1 heterocycles. The van der Waals surface area contributed by atoms with Crippen LogP contribution in [0.1, 0.15) is 45.2 Å². The van der Waals surface area contributed by atoms with Gasteiger partial charge in [-0.15, -0.1) is 6.58 Å². The Bertz CT molecular complexity index is 674. The number of ether oxygens (including phenoxy) is 2. The molecule has 2 rings (SSSR count). The van der Waals surface area contributed by atoms with Crippen LogP contribution in [0.5, 0.6) is 0 Å². The number of nitrogens with zero attached hydrogens (tertiary/aromatic N) is 1. The van der Waals surface area contributed by atoms with Crippen LogP contribution in [-0.2, 0) is 26.4 Å². The lowest BCUT2D eigenvalue weighted by Gasteiger charge is -2.37. The van der Waals surface area contributed by atoms with Gasteiger partial charge < -0.3 is 9.47 Å². The van der Waals surface area contributed by atoms with Crippen LogP contribution < -0.4 is 0 Å². The maximum absolute atomic E-state index is 12.8. The molecule has 1 amide bonds. The molecule has 1 atom stereocenters. The molecule has 0 N–H and O–H groups in total. The summed E-state index contributed by atoms with van der Waals surface area (Å²) in [5, 5.41) is 0. The number of amides is 1. The molecule has 130 valence electrons. The lowest BCUT2D eigenvalue weighted by Crippen LogP contribution is -2.52. The zero-order valence-electron chi connectivity index (χ0n) is 15.0. The van der Waals surface area contributed by atoms with E-state index in [-0.39, 0.29) is 6.42 Å². The summed E-state index contributed by atoms with van der Waals surface area (Å²) < 4.78 is 10.6. The second-order valence-electron chi connectivity index (χ2n) is 7.21. The normalized spacial score (nSPS) is 19.6. The smallest absolute Gasteiger partial charge is 0.411 e. The molecule has 24 heavy (non-hydrogen) atoms. The van der Waals surface area contributed by atoms with Crippen molar-refractivity contribution >= 4 is 12.1 Å². The molecule has 1 unspecified atom stereocenters. The molecule has 1 aromatic rings. The maximum Gasteiger partial charge on any atom is 0.411 e. The fraction of sp³-hybridized carbons (Fsp3) is 0.474. The Morgan fingerprint density at radius 1 is 1.29 bits per heavy atom. The lowest BCUT2D eigenvalue weighted by atomic mass is 9.84. The number of hydrogen-bond donors (Lipinski definition) is 0. The van der Waals surface area contributed by atoms with E-state index in [2.05, 4.69) is 6.58 Å². The molecule has 1 aliphatic heterocycles. The third-order valence-electron chi connectivity index (χ3n) is 3.95. The Hall–Kier alpha value is -2.30. The SMILES string of the molecule is C=C(C)CC1(C(=O)OC)c2ccccc2CN1C(=O)OC(C)(C)C. The van der Waals surface area contributed by atoms with Crippen LogP contribution in [0.3, 0.4) is 0 Å². The highest BCUT2D eigenvalue weighted by atomic mass is 16.6. The quantitative estimate of drug-likeness (QED) is 0.625. The molecule has 0 saturated carbocycles. The summed E-state index contributed by atoms with van der Waals surface area (Å²) in [5.74, 6) is -0.485. The van der Waals surface area contributed by atoms with E-state index in [9.17, 15) is 9.59 Å². The van der Waals surface area contributed by atoms with Crippen molar-refractivity contribution in [1.82, 2.24) is 4.90 Å². The molecule has 0 aromatic heterocycles. The van der Waals surface area contributed by atoms with Crippen LogP contribution in [0.2, 0.25) is 0 Å². The van der Waals surface area contributed by atoms with E-state index >= 15 is 0 Å². The van der Waals surface area contributed by atoms with E-state index in [1.165, 1.54) is 12.0 Å². The van der Waals surface area contributed by atoms with Crippen molar-refractivity contribution in [1.29, 1.82) is 0 Å². The van der Waals surface area contributed by atoms with Crippen molar-refractivity contribution in [3.05, 3.63) is 47.5 Å². The third kappa shape index (κ3) is 3.16. The summed E-state index contributed by atoms with van der Waals surface area (Å²) in [5.41, 5.74) is 0.572. The molecular weight excluding hydrogens is 306 g/mol. The second-order valence-corrected chi connectivity index (χ2v) is 7.21. The summed E-state index contributed by atoms with van der Waals surface area (Å²) in [6.45, 7) is 11.5. The van der Waals surface area contributed by atoms with Crippen molar-refractivity contribution in [3.8, 4) is 0 Å². The number of benzene rings is 1. The van der Waals surface area contributed by atoms with Gasteiger partial charge in [0.15, 0.2) is 5.54 Å².